The molecule has 3 rings (SSSR count). The molecule has 0 aromatic rings. The fourth-order valence-corrected chi connectivity index (χ4v) is 4.24. The molecule has 3 saturated heterocycles. The molecule has 0 unspecified atom stereocenters. The van der Waals surface area contributed by atoms with Crippen molar-refractivity contribution in [2.45, 2.75) is 57.5 Å². The van der Waals surface area contributed by atoms with Crippen molar-refractivity contribution in [1.82, 2.24) is 15.1 Å². The summed E-state index contributed by atoms with van der Waals surface area (Å²) < 4.78 is 5.38. The lowest BCUT2D eigenvalue weighted by atomic mass is 9.91. The zero-order valence-electron chi connectivity index (χ0n) is 15.1. The van der Waals surface area contributed by atoms with Crippen molar-refractivity contribution in [3.8, 4) is 0 Å². The highest BCUT2D eigenvalue weighted by atomic mass is 16.5. The number of hydrogen-bond donors (Lipinski definition) is 1. The second-order valence-electron chi connectivity index (χ2n) is 7.79. The Kier molecular flexibility index (Phi) is 5.45. The van der Waals surface area contributed by atoms with E-state index in [0.29, 0.717) is 32.2 Å². The molecule has 0 radical (unpaired) electrons. The summed E-state index contributed by atoms with van der Waals surface area (Å²) in [5.41, 5.74) is -0.184. The highest BCUT2D eigenvalue weighted by Gasteiger charge is 2.39. The summed E-state index contributed by atoms with van der Waals surface area (Å²) in [5, 5.41) is 3.18. The molecule has 3 aliphatic rings. The minimum atomic E-state index is -0.200. The minimum Gasteiger partial charge on any atom is -0.381 e. The first-order valence-electron chi connectivity index (χ1n) is 9.42. The van der Waals surface area contributed by atoms with Gasteiger partial charge < -0.3 is 15.0 Å². The second kappa shape index (κ2) is 7.40. The van der Waals surface area contributed by atoms with Crippen molar-refractivity contribution in [2.24, 2.45) is 5.92 Å². The molecular formula is C18H31N3O3. The number of nitrogens with one attached hydrogen (secondary N) is 1. The van der Waals surface area contributed by atoms with Gasteiger partial charge in [-0.2, -0.15) is 0 Å². The largest absolute Gasteiger partial charge is 0.381 e. The van der Waals surface area contributed by atoms with Gasteiger partial charge in [-0.25, -0.2) is 0 Å². The lowest BCUT2D eigenvalue weighted by Crippen LogP contribution is -2.51. The van der Waals surface area contributed by atoms with E-state index in [9.17, 15) is 9.59 Å². The number of likely N-dealkylation sites (tertiary alicyclic amines) is 2. The predicted molar refractivity (Wildman–Crippen MR) is 91.6 cm³/mol. The van der Waals surface area contributed by atoms with Gasteiger partial charge in [0.2, 0.25) is 11.8 Å². The highest BCUT2D eigenvalue weighted by molar-refractivity contribution is 5.89. The van der Waals surface area contributed by atoms with Crippen LogP contribution in [0.4, 0.5) is 0 Å². The topological polar surface area (TPSA) is 61.9 Å². The van der Waals surface area contributed by atoms with Crippen LogP contribution in [0.25, 0.3) is 0 Å². The zero-order chi connectivity index (χ0) is 17.2. The number of amides is 2. The smallest absolute Gasteiger partial charge is 0.225 e. The molecule has 6 heteroatoms. The third-order valence-corrected chi connectivity index (χ3v) is 5.94. The molecule has 3 heterocycles. The predicted octanol–water partition coefficient (Wildman–Crippen LogP) is 1.00. The quantitative estimate of drug-likeness (QED) is 0.813. The molecule has 1 N–H and O–H groups in total. The van der Waals surface area contributed by atoms with Crippen molar-refractivity contribution < 1.29 is 14.3 Å². The van der Waals surface area contributed by atoms with E-state index in [-0.39, 0.29) is 23.3 Å². The maximum absolute atomic E-state index is 12.6. The van der Waals surface area contributed by atoms with Gasteiger partial charge in [0.05, 0.1) is 5.92 Å². The molecule has 3 aliphatic heterocycles. The summed E-state index contributed by atoms with van der Waals surface area (Å²) in [7, 11) is 0. The Labute approximate surface area is 144 Å². The monoisotopic (exact) mass is 337 g/mol. The summed E-state index contributed by atoms with van der Waals surface area (Å²) in [4.78, 5) is 29.3. The second-order valence-corrected chi connectivity index (χ2v) is 7.79. The summed E-state index contributed by atoms with van der Waals surface area (Å²) in [6.45, 7) is 9.17. The Morgan fingerprint density at radius 3 is 2.83 bits per heavy atom. The van der Waals surface area contributed by atoms with Crippen LogP contribution in [-0.4, -0.2) is 72.6 Å². The van der Waals surface area contributed by atoms with E-state index in [1.54, 1.807) is 0 Å². The molecule has 0 spiro atoms. The molecule has 0 aliphatic carbocycles. The molecule has 2 amide bonds. The first kappa shape index (κ1) is 17.7. The SMILES string of the molecule is CCN1CCC[C@@H]1CN1C[C@@H](C(=O)NC2(C)CCOCC2)CC1=O. The lowest BCUT2D eigenvalue weighted by Gasteiger charge is -2.35. The van der Waals surface area contributed by atoms with Crippen LogP contribution in [0.1, 0.15) is 46.0 Å². The zero-order valence-corrected chi connectivity index (χ0v) is 15.1. The molecule has 0 aromatic heterocycles. The van der Waals surface area contributed by atoms with Crippen LogP contribution in [0.15, 0.2) is 0 Å². The van der Waals surface area contributed by atoms with Gasteiger partial charge >= 0.3 is 0 Å². The van der Waals surface area contributed by atoms with Crippen molar-refractivity contribution in [2.75, 3.05) is 39.4 Å². The summed E-state index contributed by atoms with van der Waals surface area (Å²) in [6.07, 6.45) is 4.42. The normalized spacial score (nSPS) is 30.8. The van der Waals surface area contributed by atoms with Crippen LogP contribution >= 0.6 is 0 Å². The molecule has 6 nitrogen and oxygen atoms in total. The molecular weight excluding hydrogens is 306 g/mol. The van der Waals surface area contributed by atoms with E-state index in [1.807, 2.05) is 4.90 Å². The Hall–Kier alpha value is -1.14. The van der Waals surface area contributed by atoms with Gasteiger partial charge in [-0.15, -0.1) is 0 Å². The number of rotatable bonds is 5. The Morgan fingerprint density at radius 2 is 2.12 bits per heavy atom. The number of nitrogens with zero attached hydrogens (tertiary/aromatic N) is 2. The number of carbonyl (C=O) groups excluding carboxylic acids is 2. The number of likely N-dealkylation sites (N-methyl/N-ethyl adjacent to an activating group) is 1. The summed E-state index contributed by atoms with van der Waals surface area (Å²) in [6, 6.07) is 0.466. The van der Waals surface area contributed by atoms with Crippen molar-refractivity contribution in [3.05, 3.63) is 0 Å². The third-order valence-electron chi connectivity index (χ3n) is 5.94. The van der Waals surface area contributed by atoms with Gasteiger partial charge in [-0.05, 0) is 45.7 Å². The summed E-state index contributed by atoms with van der Waals surface area (Å²) >= 11 is 0. The average molecular weight is 337 g/mol. The molecule has 0 saturated carbocycles. The van der Waals surface area contributed by atoms with Crippen LogP contribution in [0.2, 0.25) is 0 Å². The van der Waals surface area contributed by atoms with Gasteiger partial charge in [0.25, 0.3) is 0 Å². The van der Waals surface area contributed by atoms with E-state index in [0.717, 1.165) is 38.9 Å². The molecule has 3 fully saturated rings. The van der Waals surface area contributed by atoms with Gasteiger partial charge in [0, 0.05) is 44.3 Å². The van der Waals surface area contributed by atoms with Gasteiger partial charge in [-0.1, -0.05) is 6.92 Å². The molecule has 24 heavy (non-hydrogen) atoms. The Balaban J connectivity index is 1.53. The van der Waals surface area contributed by atoms with Crippen LogP contribution in [0.3, 0.4) is 0 Å². The average Bonchev–Trinajstić information content (AvgIpc) is 3.15. The van der Waals surface area contributed by atoms with E-state index >= 15 is 0 Å². The van der Waals surface area contributed by atoms with Crippen molar-refractivity contribution >= 4 is 11.8 Å². The molecule has 2 atom stereocenters. The fraction of sp³-hybridized carbons (Fsp3) is 0.889. The summed E-state index contributed by atoms with van der Waals surface area (Å²) in [5.74, 6) is -0.0297. The fourth-order valence-electron chi connectivity index (χ4n) is 4.24. The molecule has 0 aromatic carbocycles. The van der Waals surface area contributed by atoms with E-state index in [4.69, 9.17) is 4.74 Å². The van der Waals surface area contributed by atoms with Gasteiger partial charge in [0.1, 0.15) is 0 Å². The Morgan fingerprint density at radius 1 is 1.38 bits per heavy atom. The van der Waals surface area contributed by atoms with Crippen LogP contribution in [0, 0.1) is 5.92 Å². The minimum absolute atomic E-state index is 0.0361. The van der Waals surface area contributed by atoms with E-state index in [2.05, 4.69) is 24.1 Å². The van der Waals surface area contributed by atoms with Crippen LogP contribution < -0.4 is 5.32 Å². The van der Waals surface area contributed by atoms with Gasteiger partial charge in [-0.3, -0.25) is 14.5 Å². The van der Waals surface area contributed by atoms with Crippen molar-refractivity contribution in [1.29, 1.82) is 0 Å². The molecule has 0 bridgehead atoms. The van der Waals surface area contributed by atoms with E-state index < -0.39 is 0 Å². The Bertz CT molecular complexity index is 476. The maximum Gasteiger partial charge on any atom is 0.225 e. The standard InChI is InChI=1S/C18H31N3O3/c1-3-20-8-4-5-15(20)13-21-12-14(11-16(21)22)17(23)19-18(2)6-9-24-10-7-18/h14-15H,3-13H2,1-2H3,(H,19,23)/t14-,15+/m0/s1. The number of carbonyl (C=O) groups is 2. The lowest BCUT2D eigenvalue weighted by molar-refractivity contribution is -0.130. The first-order valence-corrected chi connectivity index (χ1v) is 9.42. The third kappa shape index (κ3) is 3.91. The molecule has 136 valence electrons. The van der Waals surface area contributed by atoms with Crippen LogP contribution in [0.5, 0.6) is 0 Å². The van der Waals surface area contributed by atoms with Gasteiger partial charge in [0.15, 0.2) is 0 Å². The van der Waals surface area contributed by atoms with Crippen molar-refractivity contribution in [3.63, 3.8) is 0 Å². The van der Waals surface area contributed by atoms with E-state index in [1.165, 1.54) is 6.42 Å². The first-order chi connectivity index (χ1) is 11.5. The maximum atomic E-state index is 12.6. The number of hydrogen-bond acceptors (Lipinski definition) is 4. The number of ether oxygens (including phenoxy) is 1. The van der Waals surface area contributed by atoms with Crippen LogP contribution in [-0.2, 0) is 14.3 Å². The highest BCUT2D eigenvalue weighted by Crippen LogP contribution is 2.25.